The van der Waals surface area contributed by atoms with Gasteiger partial charge in [0, 0.05) is 0 Å². The number of aliphatic hydroxyl groups excluding tert-OH is 3. The van der Waals surface area contributed by atoms with Crippen molar-refractivity contribution >= 4 is 17.0 Å². The number of anilines is 1. The Morgan fingerprint density at radius 2 is 2.08 bits per heavy atom. The molecule has 132 valence electrons. The number of fused-ring (bicyclic) bond motifs is 1. The molecule has 0 radical (unpaired) electrons. The van der Waals surface area contributed by atoms with E-state index >= 15 is 0 Å². The van der Waals surface area contributed by atoms with Crippen molar-refractivity contribution in [2.45, 2.75) is 31.1 Å². The lowest BCUT2D eigenvalue weighted by molar-refractivity contribution is -0.0511. The van der Waals surface area contributed by atoms with Crippen LogP contribution in [0.1, 0.15) is 12.0 Å². The molecular formula is C15H17N5O5. The second kappa shape index (κ2) is 6.41. The predicted molar refractivity (Wildman–Crippen MR) is 84.4 cm³/mol. The van der Waals surface area contributed by atoms with E-state index in [-0.39, 0.29) is 0 Å². The first-order valence-corrected chi connectivity index (χ1v) is 7.75. The largest absolute Gasteiger partial charge is 0.467 e. The Kier molecular flexibility index (Phi) is 4.09. The monoisotopic (exact) mass is 347 g/mol. The first-order chi connectivity index (χ1) is 12.2. The number of imidazole rings is 1. The SMILES string of the molecule is OC[C@@H]1O[C@H](n2cnc3c(NCc4ccco4)ncnc32)[C@@H](O)[C@@H]1O. The third-order valence-electron chi connectivity index (χ3n) is 4.16. The Labute approximate surface area is 141 Å². The molecule has 1 aliphatic heterocycles. The average molecular weight is 347 g/mol. The van der Waals surface area contributed by atoms with E-state index in [0.717, 1.165) is 5.76 Å². The van der Waals surface area contributed by atoms with E-state index in [0.29, 0.717) is 23.5 Å². The molecule has 1 fully saturated rings. The Bertz CT molecular complexity index is 851. The number of nitrogens with one attached hydrogen (secondary N) is 1. The van der Waals surface area contributed by atoms with Crippen LogP contribution in [0.4, 0.5) is 5.82 Å². The molecule has 4 rings (SSSR count). The third-order valence-corrected chi connectivity index (χ3v) is 4.16. The molecule has 0 unspecified atom stereocenters. The molecule has 0 saturated carbocycles. The molecule has 25 heavy (non-hydrogen) atoms. The summed E-state index contributed by atoms with van der Waals surface area (Å²) in [5.41, 5.74) is 0.929. The maximum absolute atomic E-state index is 10.2. The number of hydrogen-bond acceptors (Lipinski definition) is 9. The van der Waals surface area contributed by atoms with Crippen LogP contribution in [-0.4, -0.2) is 59.8 Å². The van der Waals surface area contributed by atoms with E-state index in [1.807, 2.05) is 6.07 Å². The Morgan fingerprint density at radius 3 is 2.80 bits per heavy atom. The summed E-state index contributed by atoms with van der Waals surface area (Å²) in [5.74, 6) is 1.25. The fraction of sp³-hybridized carbons (Fsp3) is 0.400. The summed E-state index contributed by atoms with van der Waals surface area (Å²) in [5, 5.41) is 32.4. The van der Waals surface area contributed by atoms with Crippen LogP contribution in [0.25, 0.3) is 11.2 Å². The van der Waals surface area contributed by atoms with Gasteiger partial charge in [0.15, 0.2) is 23.2 Å². The average Bonchev–Trinajstić information content (AvgIpc) is 3.34. The van der Waals surface area contributed by atoms with Gasteiger partial charge in [-0.25, -0.2) is 15.0 Å². The van der Waals surface area contributed by atoms with E-state index in [2.05, 4.69) is 20.3 Å². The van der Waals surface area contributed by atoms with Gasteiger partial charge in [0.1, 0.15) is 30.4 Å². The molecular weight excluding hydrogens is 330 g/mol. The van der Waals surface area contributed by atoms with Crippen LogP contribution in [0.3, 0.4) is 0 Å². The second-order valence-corrected chi connectivity index (χ2v) is 5.71. The van der Waals surface area contributed by atoms with Crippen molar-refractivity contribution in [1.82, 2.24) is 19.5 Å². The molecule has 1 aliphatic rings. The topological polar surface area (TPSA) is 139 Å². The summed E-state index contributed by atoms with van der Waals surface area (Å²) < 4.78 is 12.3. The fourth-order valence-corrected chi connectivity index (χ4v) is 2.86. The van der Waals surface area contributed by atoms with Crippen LogP contribution < -0.4 is 5.32 Å². The van der Waals surface area contributed by atoms with E-state index in [1.165, 1.54) is 17.2 Å². The lowest BCUT2D eigenvalue weighted by atomic mass is 10.1. The van der Waals surface area contributed by atoms with E-state index in [4.69, 9.17) is 9.15 Å². The molecule has 4 heterocycles. The van der Waals surface area contributed by atoms with Gasteiger partial charge in [-0.05, 0) is 12.1 Å². The minimum absolute atomic E-state index is 0.397. The molecule has 3 aromatic rings. The summed E-state index contributed by atoms with van der Waals surface area (Å²) in [6, 6.07) is 3.63. The van der Waals surface area contributed by atoms with Crippen LogP contribution in [0.2, 0.25) is 0 Å². The smallest absolute Gasteiger partial charge is 0.167 e. The van der Waals surface area contributed by atoms with E-state index in [9.17, 15) is 15.3 Å². The van der Waals surface area contributed by atoms with Gasteiger partial charge < -0.3 is 29.8 Å². The highest BCUT2D eigenvalue weighted by atomic mass is 16.6. The van der Waals surface area contributed by atoms with Crippen molar-refractivity contribution in [2.75, 3.05) is 11.9 Å². The molecule has 0 spiro atoms. The highest BCUT2D eigenvalue weighted by Crippen LogP contribution is 2.32. The number of aromatic nitrogens is 4. The number of nitrogens with zero attached hydrogens (tertiary/aromatic N) is 4. The lowest BCUT2D eigenvalue weighted by Gasteiger charge is -2.16. The Hall–Kier alpha value is -2.53. The number of aliphatic hydroxyl groups is 3. The van der Waals surface area contributed by atoms with E-state index < -0.39 is 31.1 Å². The summed E-state index contributed by atoms with van der Waals surface area (Å²) in [6.45, 7) is 0.0338. The highest BCUT2D eigenvalue weighted by molar-refractivity contribution is 5.82. The summed E-state index contributed by atoms with van der Waals surface area (Å²) in [4.78, 5) is 12.7. The van der Waals surface area contributed by atoms with Crippen molar-refractivity contribution in [3.63, 3.8) is 0 Å². The standard InChI is InChI=1S/C15H17N5O5/c21-5-9-11(22)12(23)15(25-9)20-7-19-10-13(17-6-18-14(10)20)16-4-8-2-1-3-24-8/h1-3,6-7,9,11-12,15,21-23H,4-5H2,(H,16,17,18)/t9-,11+,12-,15-/m0/s1. The van der Waals surface area contributed by atoms with E-state index in [1.54, 1.807) is 12.3 Å². The van der Waals surface area contributed by atoms with Crippen LogP contribution >= 0.6 is 0 Å². The molecule has 4 N–H and O–H groups in total. The van der Waals surface area contributed by atoms with Gasteiger partial charge in [0.05, 0.1) is 25.7 Å². The van der Waals surface area contributed by atoms with Crippen molar-refractivity contribution in [2.24, 2.45) is 0 Å². The number of hydrogen-bond donors (Lipinski definition) is 4. The van der Waals surface area contributed by atoms with Crippen LogP contribution in [0.5, 0.6) is 0 Å². The molecule has 0 amide bonds. The minimum atomic E-state index is -1.20. The fourth-order valence-electron chi connectivity index (χ4n) is 2.86. The lowest BCUT2D eigenvalue weighted by Crippen LogP contribution is -2.33. The maximum atomic E-state index is 10.2. The second-order valence-electron chi connectivity index (χ2n) is 5.71. The van der Waals surface area contributed by atoms with Crippen molar-refractivity contribution in [1.29, 1.82) is 0 Å². The number of ether oxygens (including phenoxy) is 1. The first-order valence-electron chi connectivity index (χ1n) is 7.75. The Morgan fingerprint density at radius 1 is 1.20 bits per heavy atom. The zero-order chi connectivity index (χ0) is 17.4. The van der Waals surface area contributed by atoms with Gasteiger partial charge in [-0.1, -0.05) is 0 Å². The van der Waals surface area contributed by atoms with Crippen molar-refractivity contribution < 1.29 is 24.5 Å². The van der Waals surface area contributed by atoms with Gasteiger partial charge in [0.2, 0.25) is 0 Å². The quantitative estimate of drug-likeness (QED) is 0.487. The Balaban J connectivity index is 1.63. The number of furan rings is 1. The molecule has 0 aliphatic carbocycles. The summed E-state index contributed by atoms with van der Waals surface area (Å²) >= 11 is 0. The van der Waals surface area contributed by atoms with Crippen molar-refractivity contribution in [3.8, 4) is 0 Å². The molecule has 0 bridgehead atoms. The van der Waals surface area contributed by atoms with Gasteiger partial charge in [-0.15, -0.1) is 0 Å². The zero-order valence-electron chi connectivity index (χ0n) is 13.1. The molecule has 10 nitrogen and oxygen atoms in total. The summed E-state index contributed by atoms with van der Waals surface area (Å²) in [6.07, 6.45) is 0.253. The van der Waals surface area contributed by atoms with Gasteiger partial charge in [-0.3, -0.25) is 4.57 Å². The third kappa shape index (κ3) is 2.74. The van der Waals surface area contributed by atoms with Gasteiger partial charge in [0.25, 0.3) is 0 Å². The molecule has 4 atom stereocenters. The number of rotatable bonds is 5. The highest BCUT2D eigenvalue weighted by Gasteiger charge is 2.44. The molecule has 1 saturated heterocycles. The van der Waals surface area contributed by atoms with Crippen LogP contribution in [0.15, 0.2) is 35.5 Å². The maximum Gasteiger partial charge on any atom is 0.167 e. The van der Waals surface area contributed by atoms with Crippen LogP contribution in [-0.2, 0) is 11.3 Å². The predicted octanol–water partition coefficient (Wildman–Crippen LogP) is -0.357. The zero-order valence-corrected chi connectivity index (χ0v) is 13.1. The molecule has 0 aromatic carbocycles. The molecule has 3 aromatic heterocycles. The van der Waals surface area contributed by atoms with Crippen molar-refractivity contribution in [3.05, 3.63) is 36.8 Å². The normalized spacial score (nSPS) is 26.4. The van der Waals surface area contributed by atoms with Gasteiger partial charge in [-0.2, -0.15) is 0 Å². The first kappa shape index (κ1) is 16.0. The van der Waals surface area contributed by atoms with Gasteiger partial charge >= 0.3 is 0 Å². The van der Waals surface area contributed by atoms with Crippen LogP contribution in [0, 0.1) is 0 Å². The molecule has 10 heteroatoms. The minimum Gasteiger partial charge on any atom is -0.467 e. The summed E-state index contributed by atoms with van der Waals surface area (Å²) in [7, 11) is 0.